The van der Waals surface area contributed by atoms with Crippen molar-refractivity contribution in [2.45, 2.75) is 13.0 Å². The molecule has 0 atom stereocenters. The van der Waals surface area contributed by atoms with Crippen LogP contribution < -0.4 is 11.3 Å². The first-order valence-electron chi connectivity index (χ1n) is 9.13. The molecule has 150 valence electrons. The molecule has 11 heteroatoms. The van der Waals surface area contributed by atoms with Crippen molar-refractivity contribution in [3.8, 4) is 0 Å². The third kappa shape index (κ3) is 2.87. The predicted molar refractivity (Wildman–Crippen MR) is 115 cm³/mol. The van der Waals surface area contributed by atoms with Crippen LogP contribution in [0.15, 0.2) is 41.6 Å². The molecule has 0 radical (unpaired) electrons. The van der Waals surface area contributed by atoms with Gasteiger partial charge in [0.1, 0.15) is 16.3 Å². The van der Waals surface area contributed by atoms with Crippen molar-refractivity contribution in [2.75, 3.05) is 5.73 Å². The largest absolute Gasteiger partial charge is 0.383 e. The number of nitrogens with zero attached hydrogens (tertiary/aromatic N) is 6. The third-order valence-corrected chi connectivity index (χ3v) is 6.02. The molecule has 0 saturated carbocycles. The lowest BCUT2D eigenvalue weighted by molar-refractivity contribution is 0.674. The zero-order valence-electron chi connectivity index (χ0n) is 16.0. The summed E-state index contributed by atoms with van der Waals surface area (Å²) in [4.78, 5) is 21.8. The third-order valence-electron chi connectivity index (χ3n) is 4.94. The second-order valence-electron chi connectivity index (χ2n) is 6.86. The fourth-order valence-corrected chi connectivity index (χ4v) is 4.60. The average molecular weight is 419 g/mol. The predicted octanol–water partition coefficient (Wildman–Crippen LogP) is 1.70. The number of pyridine rings is 1. The normalized spacial score (nSPS) is 11.5. The van der Waals surface area contributed by atoms with E-state index in [-0.39, 0.29) is 23.6 Å². The Labute approximate surface area is 173 Å². The van der Waals surface area contributed by atoms with E-state index in [0.29, 0.717) is 17.5 Å². The van der Waals surface area contributed by atoms with Crippen LogP contribution in [-0.2, 0) is 20.0 Å². The Morgan fingerprint density at radius 3 is 2.97 bits per heavy atom. The van der Waals surface area contributed by atoms with E-state index in [1.807, 2.05) is 13.1 Å². The van der Waals surface area contributed by atoms with Crippen LogP contribution in [0, 0.1) is 5.41 Å². The topological polar surface area (TPSA) is 144 Å². The van der Waals surface area contributed by atoms with Crippen molar-refractivity contribution in [3.63, 3.8) is 0 Å². The second kappa shape index (κ2) is 6.88. The Bertz CT molecular complexity index is 1460. The summed E-state index contributed by atoms with van der Waals surface area (Å²) in [6.45, 7) is 0.00198. The Morgan fingerprint density at radius 1 is 1.33 bits per heavy atom. The minimum Gasteiger partial charge on any atom is -0.383 e. The van der Waals surface area contributed by atoms with Gasteiger partial charge in [0, 0.05) is 42.5 Å². The first-order valence-corrected chi connectivity index (χ1v) is 9.95. The van der Waals surface area contributed by atoms with Gasteiger partial charge in [0.05, 0.1) is 23.2 Å². The van der Waals surface area contributed by atoms with Crippen molar-refractivity contribution in [2.24, 2.45) is 7.05 Å². The summed E-state index contributed by atoms with van der Waals surface area (Å²) in [5.41, 5.74) is 8.47. The summed E-state index contributed by atoms with van der Waals surface area (Å²) in [5.74, 6) is 0.255. The van der Waals surface area contributed by atoms with Gasteiger partial charge in [0.25, 0.3) is 5.56 Å². The molecule has 5 rings (SSSR count). The van der Waals surface area contributed by atoms with E-state index in [1.165, 1.54) is 16.0 Å². The lowest BCUT2D eigenvalue weighted by Crippen LogP contribution is -2.28. The summed E-state index contributed by atoms with van der Waals surface area (Å²) >= 11 is 1.54. The molecule has 0 aliphatic heterocycles. The number of H-pyrrole nitrogens is 1. The lowest BCUT2D eigenvalue weighted by Gasteiger charge is -2.08. The second-order valence-corrected chi connectivity index (χ2v) is 7.95. The highest BCUT2D eigenvalue weighted by molar-refractivity contribution is 7.19. The highest BCUT2D eigenvalue weighted by Crippen LogP contribution is 2.31. The number of aromatic amines is 1. The number of anilines is 1. The number of fused-ring (bicyclic) bond motifs is 3. The molecule has 5 aromatic rings. The number of hydrogen-bond acceptors (Lipinski definition) is 8. The SMILES string of the molecule is Cn1c2nc(Cc3ccn[nH]3)sc2c2cnn(CC(=N)c3cccnc3N)c(=O)c21. The van der Waals surface area contributed by atoms with Gasteiger partial charge in [-0.15, -0.1) is 11.3 Å². The van der Waals surface area contributed by atoms with Crippen LogP contribution in [-0.4, -0.2) is 40.2 Å². The fourth-order valence-electron chi connectivity index (χ4n) is 3.47. The van der Waals surface area contributed by atoms with Crippen molar-refractivity contribution >= 4 is 44.1 Å². The minimum atomic E-state index is -0.275. The molecule has 0 aromatic carbocycles. The Morgan fingerprint density at radius 2 is 2.20 bits per heavy atom. The summed E-state index contributed by atoms with van der Waals surface area (Å²) < 4.78 is 3.98. The fraction of sp³-hybridized carbons (Fsp3) is 0.158. The van der Waals surface area contributed by atoms with Crippen LogP contribution in [0.3, 0.4) is 0 Å². The maximum Gasteiger partial charge on any atom is 0.291 e. The molecular formula is C19H17N9OS. The molecule has 0 aliphatic carbocycles. The number of nitrogens with two attached hydrogens (primary N) is 1. The van der Waals surface area contributed by atoms with Crippen molar-refractivity contribution in [1.29, 1.82) is 5.41 Å². The highest BCUT2D eigenvalue weighted by Gasteiger charge is 2.19. The number of aryl methyl sites for hydroxylation is 1. The van der Waals surface area contributed by atoms with Gasteiger partial charge in [-0.25, -0.2) is 14.6 Å². The number of thiazole rings is 1. The molecule has 0 fully saturated rings. The van der Waals surface area contributed by atoms with E-state index >= 15 is 0 Å². The van der Waals surface area contributed by atoms with Gasteiger partial charge in [-0.1, -0.05) is 0 Å². The summed E-state index contributed by atoms with van der Waals surface area (Å²) in [6, 6.07) is 5.32. The molecule has 5 aromatic heterocycles. The molecule has 10 nitrogen and oxygen atoms in total. The molecule has 4 N–H and O–H groups in total. The Hall–Kier alpha value is -3.86. The summed E-state index contributed by atoms with van der Waals surface area (Å²) in [6.07, 6.45) is 5.58. The summed E-state index contributed by atoms with van der Waals surface area (Å²) in [7, 11) is 1.82. The Balaban J connectivity index is 1.54. The van der Waals surface area contributed by atoms with E-state index in [9.17, 15) is 4.79 Å². The van der Waals surface area contributed by atoms with Crippen molar-refractivity contribution in [3.05, 3.63) is 63.4 Å². The number of aromatic nitrogens is 7. The van der Waals surface area contributed by atoms with Gasteiger partial charge in [-0.05, 0) is 18.2 Å². The lowest BCUT2D eigenvalue weighted by atomic mass is 10.1. The maximum absolute atomic E-state index is 13.1. The molecule has 0 bridgehead atoms. The van der Waals surface area contributed by atoms with Crippen LogP contribution in [0.5, 0.6) is 0 Å². The highest BCUT2D eigenvalue weighted by atomic mass is 32.1. The van der Waals surface area contributed by atoms with Gasteiger partial charge in [-0.3, -0.25) is 9.89 Å². The van der Waals surface area contributed by atoms with E-state index < -0.39 is 0 Å². The van der Waals surface area contributed by atoms with Gasteiger partial charge in [0.15, 0.2) is 5.65 Å². The van der Waals surface area contributed by atoms with E-state index in [0.717, 1.165) is 26.4 Å². The average Bonchev–Trinajstić information content (AvgIpc) is 3.44. The van der Waals surface area contributed by atoms with Crippen LogP contribution in [0.25, 0.3) is 21.3 Å². The van der Waals surface area contributed by atoms with Crippen LogP contribution in [0.4, 0.5) is 5.82 Å². The monoisotopic (exact) mass is 419 g/mol. The van der Waals surface area contributed by atoms with Crippen LogP contribution in [0.1, 0.15) is 16.3 Å². The first kappa shape index (κ1) is 18.2. The zero-order chi connectivity index (χ0) is 20.8. The van der Waals surface area contributed by atoms with Crippen molar-refractivity contribution < 1.29 is 0 Å². The minimum absolute atomic E-state index is 0.00198. The number of nitrogen functional groups attached to an aromatic ring is 1. The van der Waals surface area contributed by atoms with Gasteiger partial charge >= 0.3 is 0 Å². The summed E-state index contributed by atoms with van der Waals surface area (Å²) in [5, 5.41) is 21.2. The molecule has 0 amide bonds. The first-order chi connectivity index (χ1) is 14.5. The van der Waals surface area contributed by atoms with Gasteiger partial charge in [0.2, 0.25) is 0 Å². The molecule has 0 unspecified atom stereocenters. The van der Waals surface area contributed by atoms with Gasteiger partial charge in [-0.2, -0.15) is 10.2 Å². The molecule has 0 saturated heterocycles. The van der Waals surface area contributed by atoms with Crippen LogP contribution >= 0.6 is 11.3 Å². The molecule has 30 heavy (non-hydrogen) atoms. The molecule has 0 aliphatic rings. The van der Waals surface area contributed by atoms with Gasteiger partial charge < -0.3 is 15.7 Å². The molecule has 5 heterocycles. The molecular weight excluding hydrogens is 402 g/mol. The quantitative estimate of drug-likeness (QED) is 0.370. The van der Waals surface area contributed by atoms with Crippen molar-refractivity contribution in [1.82, 2.24) is 34.5 Å². The smallest absolute Gasteiger partial charge is 0.291 e. The molecule has 0 spiro atoms. The standard InChI is InChI=1S/C19H17N9OS/c1-27-15-12(16-18(27)25-14(30-16)7-10-4-6-23-26-10)8-24-28(19(15)29)9-13(20)11-3-2-5-22-17(11)21/h2-6,8,20H,7,9H2,1H3,(H2,21,22)(H,23,26). The van der Waals surface area contributed by atoms with E-state index in [1.54, 1.807) is 35.3 Å². The zero-order valence-corrected chi connectivity index (χ0v) is 16.8. The number of hydrogen-bond donors (Lipinski definition) is 3. The Kier molecular flexibility index (Phi) is 4.17. The number of rotatable bonds is 5. The van der Waals surface area contributed by atoms with Crippen LogP contribution in [0.2, 0.25) is 0 Å². The maximum atomic E-state index is 13.1. The number of nitrogens with one attached hydrogen (secondary N) is 2. The van der Waals surface area contributed by atoms with E-state index in [4.69, 9.17) is 16.1 Å². The van der Waals surface area contributed by atoms with E-state index in [2.05, 4.69) is 20.3 Å².